The zero-order valence-electron chi connectivity index (χ0n) is 20.0. The van der Waals surface area contributed by atoms with Crippen LogP contribution in [-0.2, 0) is 25.8 Å². The Morgan fingerprint density at radius 1 is 0.486 bits per heavy atom. The minimum absolute atomic E-state index is 0. The molecule has 0 bridgehead atoms. The molecule has 6 rings (SSSR count). The Labute approximate surface area is 230 Å². The van der Waals surface area contributed by atoms with Crippen molar-refractivity contribution in [3.05, 3.63) is 132 Å². The largest absolute Gasteiger partial charge is 4.00 e. The predicted molar refractivity (Wildman–Crippen MR) is 157 cm³/mol. The third kappa shape index (κ3) is 6.54. The van der Waals surface area contributed by atoms with Crippen LogP contribution in [-0.4, -0.2) is 0 Å². The molecule has 0 aromatic heterocycles. The van der Waals surface area contributed by atoms with Gasteiger partial charge in [0.15, 0.2) is 0 Å². The van der Waals surface area contributed by atoms with E-state index in [0.717, 1.165) is 17.2 Å². The molecule has 0 spiro atoms. The van der Waals surface area contributed by atoms with Gasteiger partial charge in [-0.25, -0.2) is 0 Å². The molecule has 0 saturated heterocycles. The van der Waals surface area contributed by atoms with Gasteiger partial charge < -0.3 is 0 Å². The summed E-state index contributed by atoms with van der Waals surface area (Å²) in [6, 6.07) is 43.6. The summed E-state index contributed by atoms with van der Waals surface area (Å²) in [5.41, 5.74) is 2.77. The molecule has 0 nitrogen and oxygen atoms in total. The van der Waals surface area contributed by atoms with Gasteiger partial charge in [0.1, 0.15) is 0 Å². The average molecular weight is 653 g/mol. The van der Waals surface area contributed by atoms with E-state index in [-0.39, 0.29) is 25.8 Å². The molecular weight excluding hydrogens is 625 g/mol. The summed E-state index contributed by atoms with van der Waals surface area (Å²) in [5, 5.41) is 11.2. The smallest absolute Gasteiger partial charge is 0.160 e. The second-order valence-corrected chi connectivity index (χ2v) is 11.4. The molecule has 0 N–H and O–H groups in total. The summed E-state index contributed by atoms with van der Waals surface area (Å²) in [6.07, 6.45) is 0. The standard InChI is InChI=1S/2C16H14P.Hf/c2*1-12-6-2-5-9-16(12)17-15-10-13-7-3-4-8-14(13)11-15;/h2*2-11,17H,1H3;/q2*-1;+4. The predicted octanol–water partition coefficient (Wildman–Crippen LogP) is 6.99. The molecule has 6 aromatic carbocycles. The van der Waals surface area contributed by atoms with E-state index >= 15 is 0 Å². The fourth-order valence-electron chi connectivity index (χ4n) is 4.18. The van der Waals surface area contributed by atoms with E-state index in [1.54, 1.807) is 0 Å². The zero-order chi connectivity index (χ0) is 23.3. The van der Waals surface area contributed by atoms with E-state index in [0.29, 0.717) is 0 Å². The minimum Gasteiger partial charge on any atom is -0.160 e. The molecule has 0 heterocycles. The molecule has 35 heavy (non-hydrogen) atoms. The van der Waals surface area contributed by atoms with Gasteiger partial charge in [-0.3, -0.25) is 0 Å². The van der Waals surface area contributed by atoms with Gasteiger partial charge in [0.05, 0.1) is 0 Å². The van der Waals surface area contributed by atoms with Crippen LogP contribution < -0.4 is 21.2 Å². The first kappa shape index (κ1) is 25.9. The quantitative estimate of drug-likeness (QED) is 0.109. The second kappa shape index (κ2) is 12.2. The van der Waals surface area contributed by atoms with E-state index in [1.807, 2.05) is 0 Å². The topological polar surface area (TPSA) is 0 Å². The van der Waals surface area contributed by atoms with Gasteiger partial charge in [-0.2, -0.15) is 12.1 Å². The van der Waals surface area contributed by atoms with Crippen molar-refractivity contribution in [2.75, 3.05) is 0 Å². The van der Waals surface area contributed by atoms with E-state index in [9.17, 15) is 0 Å². The Hall–Kier alpha value is -2.17. The molecule has 0 aliphatic carbocycles. The zero-order valence-corrected chi connectivity index (χ0v) is 25.6. The van der Waals surface area contributed by atoms with Gasteiger partial charge in [-0.05, 0) is 35.6 Å². The van der Waals surface area contributed by atoms with Crippen molar-refractivity contribution < 1.29 is 25.8 Å². The first-order chi connectivity index (χ1) is 16.7. The van der Waals surface area contributed by atoms with Crippen LogP contribution in [0.5, 0.6) is 0 Å². The molecule has 0 aliphatic rings. The number of rotatable bonds is 4. The van der Waals surface area contributed by atoms with Crippen molar-refractivity contribution in [1.82, 2.24) is 0 Å². The molecule has 0 aliphatic heterocycles. The summed E-state index contributed by atoms with van der Waals surface area (Å²) >= 11 is 0. The maximum absolute atomic E-state index is 2.31. The Morgan fingerprint density at radius 2 is 0.857 bits per heavy atom. The van der Waals surface area contributed by atoms with Gasteiger partial charge in [0.25, 0.3) is 0 Å². The summed E-state index contributed by atoms with van der Waals surface area (Å²) in [4.78, 5) is 0. The summed E-state index contributed by atoms with van der Waals surface area (Å²) in [5.74, 6) is 0. The van der Waals surface area contributed by atoms with Crippen LogP contribution in [0, 0.1) is 13.8 Å². The molecule has 168 valence electrons. The molecule has 3 heteroatoms. The van der Waals surface area contributed by atoms with Gasteiger partial charge in [-0.1, -0.05) is 77.8 Å². The Balaban J connectivity index is 0.000000160. The van der Waals surface area contributed by atoms with Crippen LogP contribution >= 0.6 is 17.2 Å². The molecule has 0 amide bonds. The summed E-state index contributed by atoms with van der Waals surface area (Å²) in [7, 11) is 1.52. The minimum atomic E-state index is 0. The number of hydrogen-bond donors (Lipinski definition) is 0. The fraction of sp³-hybridized carbons (Fsp3) is 0.0625. The first-order valence-electron chi connectivity index (χ1n) is 11.6. The van der Waals surface area contributed by atoms with Gasteiger partial charge in [-0.15, -0.1) is 80.7 Å². The maximum atomic E-state index is 2.31. The molecule has 2 unspecified atom stereocenters. The summed E-state index contributed by atoms with van der Waals surface area (Å²) in [6.45, 7) is 4.37. The third-order valence-electron chi connectivity index (χ3n) is 6.08. The number of aryl methyl sites for hydroxylation is 2. The van der Waals surface area contributed by atoms with E-state index in [2.05, 4.69) is 135 Å². The van der Waals surface area contributed by atoms with E-state index < -0.39 is 0 Å². The number of hydrogen-bond acceptors (Lipinski definition) is 0. The van der Waals surface area contributed by atoms with Crippen LogP contribution in [0.15, 0.2) is 121 Å². The van der Waals surface area contributed by atoms with Crippen LogP contribution in [0.4, 0.5) is 0 Å². The van der Waals surface area contributed by atoms with Gasteiger partial charge in [0, 0.05) is 0 Å². The maximum Gasteiger partial charge on any atom is 4.00 e. The second-order valence-electron chi connectivity index (χ2n) is 8.63. The van der Waals surface area contributed by atoms with Gasteiger partial charge >= 0.3 is 25.8 Å². The molecule has 0 radical (unpaired) electrons. The molecule has 0 fully saturated rings. The molecule has 0 saturated carbocycles. The number of benzene rings is 4. The van der Waals surface area contributed by atoms with E-state index in [1.165, 1.54) is 53.9 Å². The molecular formula is C32H28HfP2+2. The monoisotopic (exact) mass is 654 g/mol. The Morgan fingerprint density at radius 3 is 1.26 bits per heavy atom. The average Bonchev–Trinajstić information content (AvgIpc) is 3.45. The molecule has 6 aromatic rings. The van der Waals surface area contributed by atoms with Crippen molar-refractivity contribution >= 4 is 59.9 Å². The fourth-order valence-corrected chi connectivity index (χ4v) is 6.64. The normalized spacial score (nSPS) is 11.3. The van der Waals surface area contributed by atoms with Crippen molar-refractivity contribution in [2.24, 2.45) is 0 Å². The van der Waals surface area contributed by atoms with Crippen LogP contribution in [0.25, 0.3) is 21.5 Å². The third-order valence-corrected chi connectivity index (χ3v) is 8.90. The van der Waals surface area contributed by atoms with E-state index in [4.69, 9.17) is 0 Å². The molecule has 2 atom stereocenters. The van der Waals surface area contributed by atoms with Crippen LogP contribution in [0.2, 0.25) is 0 Å². The van der Waals surface area contributed by atoms with Crippen molar-refractivity contribution in [3.63, 3.8) is 0 Å². The Kier molecular flexibility index (Phi) is 9.02. The van der Waals surface area contributed by atoms with Crippen molar-refractivity contribution in [2.45, 2.75) is 13.8 Å². The van der Waals surface area contributed by atoms with Crippen molar-refractivity contribution in [3.8, 4) is 0 Å². The number of fused-ring (bicyclic) bond motifs is 2. The van der Waals surface area contributed by atoms with Crippen molar-refractivity contribution in [1.29, 1.82) is 0 Å². The van der Waals surface area contributed by atoms with Crippen LogP contribution in [0.1, 0.15) is 11.1 Å². The first-order valence-corrected chi connectivity index (χ1v) is 13.6. The van der Waals surface area contributed by atoms with Crippen LogP contribution in [0.3, 0.4) is 0 Å². The Bertz CT molecular complexity index is 1360. The van der Waals surface area contributed by atoms with Gasteiger partial charge in [0.2, 0.25) is 0 Å². The SMILES string of the molecule is Cc1ccccc1Pc1cc2ccccc2[cH-]1.Cc1ccccc1Pc1cc2ccccc2[cH-]1.[Hf+4]. The summed E-state index contributed by atoms with van der Waals surface area (Å²) < 4.78 is 0.